The van der Waals surface area contributed by atoms with E-state index in [0.29, 0.717) is 5.92 Å². The third kappa shape index (κ3) is 2.82. The van der Waals surface area contributed by atoms with Gasteiger partial charge >= 0.3 is 0 Å². The van der Waals surface area contributed by atoms with Gasteiger partial charge in [0.1, 0.15) is 0 Å². The van der Waals surface area contributed by atoms with Crippen LogP contribution >= 0.6 is 0 Å². The number of hydrogen-bond acceptors (Lipinski definition) is 3. The van der Waals surface area contributed by atoms with Crippen LogP contribution in [0.1, 0.15) is 45.2 Å². The lowest BCUT2D eigenvalue weighted by Crippen LogP contribution is -2.17. The van der Waals surface area contributed by atoms with Crippen molar-refractivity contribution in [1.82, 2.24) is 4.98 Å². The number of benzene rings is 1. The first kappa shape index (κ1) is 14.2. The summed E-state index contributed by atoms with van der Waals surface area (Å²) < 4.78 is 0. The second-order valence-electron chi connectivity index (χ2n) is 6.18. The summed E-state index contributed by atoms with van der Waals surface area (Å²) in [5.41, 5.74) is 4.80. The summed E-state index contributed by atoms with van der Waals surface area (Å²) in [5.74, 6) is 0.449. The maximum Gasteiger partial charge on any atom is 0.0727 e. The number of hydrogen-bond donors (Lipinski definition) is 1. The average molecular weight is 283 g/mol. The van der Waals surface area contributed by atoms with Crippen LogP contribution in [0.3, 0.4) is 0 Å². The Morgan fingerprint density at radius 1 is 1.19 bits per heavy atom. The van der Waals surface area contributed by atoms with E-state index in [1.165, 1.54) is 42.7 Å². The van der Waals surface area contributed by atoms with E-state index in [2.05, 4.69) is 55.3 Å². The molecule has 0 aliphatic carbocycles. The molecule has 0 radical (unpaired) electrons. The fourth-order valence-corrected chi connectivity index (χ4v) is 3.04. The van der Waals surface area contributed by atoms with Crippen LogP contribution in [0.5, 0.6) is 0 Å². The quantitative estimate of drug-likeness (QED) is 0.902. The highest BCUT2D eigenvalue weighted by Gasteiger charge is 2.14. The zero-order valence-corrected chi connectivity index (χ0v) is 13.3. The van der Waals surface area contributed by atoms with E-state index in [0.717, 1.165) is 17.8 Å². The fourth-order valence-electron chi connectivity index (χ4n) is 3.04. The van der Waals surface area contributed by atoms with Crippen molar-refractivity contribution in [3.63, 3.8) is 0 Å². The van der Waals surface area contributed by atoms with Gasteiger partial charge in [-0.25, -0.2) is 0 Å². The van der Waals surface area contributed by atoms with Crippen LogP contribution in [0.25, 0.3) is 10.9 Å². The lowest BCUT2D eigenvalue weighted by Gasteiger charge is -2.19. The molecule has 0 spiro atoms. The Kier molecular flexibility index (Phi) is 4.00. The predicted octanol–water partition coefficient (Wildman–Crippen LogP) is 4.39. The molecule has 1 aromatic carbocycles. The van der Waals surface area contributed by atoms with Gasteiger partial charge in [0.05, 0.1) is 5.52 Å². The molecule has 0 atom stereocenters. The van der Waals surface area contributed by atoms with Crippen molar-refractivity contribution in [2.75, 3.05) is 29.9 Å². The zero-order chi connectivity index (χ0) is 14.8. The van der Waals surface area contributed by atoms with Gasteiger partial charge < -0.3 is 10.2 Å². The van der Waals surface area contributed by atoms with Crippen molar-refractivity contribution in [2.24, 2.45) is 0 Å². The molecule has 112 valence electrons. The Balaban J connectivity index is 2.09. The number of rotatable bonds is 4. The summed E-state index contributed by atoms with van der Waals surface area (Å²) in [6.45, 7) is 9.83. The van der Waals surface area contributed by atoms with Crippen molar-refractivity contribution in [3.8, 4) is 0 Å². The minimum Gasteiger partial charge on any atom is -0.385 e. The Hall–Kier alpha value is -1.77. The lowest BCUT2D eigenvalue weighted by atomic mass is 10.1. The van der Waals surface area contributed by atoms with Crippen molar-refractivity contribution in [3.05, 3.63) is 30.0 Å². The highest BCUT2D eigenvalue weighted by molar-refractivity contribution is 5.94. The van der Waals surface area contributed by atoms with Gasteiger partial charge in [0.15, 0.2) is 0 Å². The first-order valence-electron chi connectivity index (χ1n) is 8.12. The van der Waals surface area contributed by atoms with E-state index >= 15 is 0 Å². The molecule has 1 aromatic heterocycles. The molecule has 1 aliphatic heterocycles. The van der Waals surface area contributed by atoms with Gasteiger partial charge in [0.2, 0.25) is 0 Å². The fraction of sp³-hybridized carbons (Fsp3) is 0.500. The molecule has 0 unspecified atom stereocenters. The summed E-state index contributed by atoms with van der Waals surface area (Å²) in [6, 6.07) is 8.91. The number of pyridine rings is 1. The summed E-state index contributed by atoms with van der Waals surface area (Å²) in [5, 5.41) is 4.75. The van der Waals surface area contributed by atoms with E-state index in [1.807, 2.05) is 0 Å². The molecule has 1 N–H and O–H groups in total. The van der Waals surface area contributed by atoms with Gasteiger partial charge in [-0.3, -0.25) is 4.98 Å². The van der Waals surface area contributed by atoms with E-state index < -0.39 is 0 Å². The smallest absolute Gasteiger partial charge is 0.0727 e. The SMILES string of the molecule is CCNc1cc(C(C)C)nc2ccc(N3CCCC3)cc12. The minimum absolute atomic E-state index is 0.449. The van der Waals surface area contributed by atoms with E-state index in [9.17, 15) is 0 Å². The molecule has 2 aromatic rings. The molecule has 0 bridgehead atoms. The first-order valence-corrected chi connectivity index (χ1v) is 8.12. The van der Waals surface area contributed by atoms with E-state index in [1.54, 1.807) is 0 Å². The number of anilines is 2. The molecular weight excluding hydrogens is 258 g/mol. The normalized spacial score (nSPS) is 15.1. The minimum atomic E-state index is 0.449. The highest BCUT2D eigenvalue weighted by atomic mass is 15.1. The van der Waals surface area contributed by atoms with Crippen LogP contribution in [0.2, 0.25) is 0 Å². The maximum atomic E-state index is 4.83. The summed E-state index contributed by atoms with van der Waals surface area (Å²) in [6.07, 6.45) is 2.62. The first-order chi connectivity index (χ1) is 10.2. The largest absolute Gasteiger partial charge is 0.385 e. The summed E-state index contributed by atoms with van der Waals surface area (Å²) >= 11 is 0. The highest BCUT2D eigenvalue weighted by Crippen LogP contribution is 2.31. The maximum absolute atomic E-state index is 4.83. The van der Waals surface area contributed by atoms with Gasteiger partial charge in [-0.15, -0.1) is 0 Å². The molecule has 0 saturated carbocycles. The Morgan fingerprint density at radius 3 is 2.62 bits per heavy atom. The van der Waals surface area contributed by atoms with Gasteiger partial charge in [0.25, 0.3) is 0 Å². The van der Waals surface area contributed by atoms with Gasteiger partial charge in [-0.2, -0.15) is 0 Å². The molecule has 1 aliphatic rings. The second-order valence-corrected chi connectivity index (χ2v) is 6.18. The molecule has 3 heteroatoms. The molecule has 0 amide bonds. The van der Waals surface area contributed by atoms with Crippen LogP contribution in [0.15, 0.2) is 24.3 Å². The van der Waals surface area contributed by atoms with Gasteiger partial charge in [-0.05, 0) is 49.9 Å². The van der Waals surface area contributed by atoms with E-state index in [4.69, 9.17) is 4.98 Å². The van der Waals surface area contributed by atoms with Crippen molar-refractivity contribution in [2.45, 2.75) is 39.5 Å². The number of aromatic nitrogens is 1. The zero-order valence-electron chi connectivity index (χ0n) is 13.3. The van der Waals surface area contributed by atoms with Crippen LogP contribution < -0.4 is 10.2 Å². The summed E-state index contributed by atoms with van der Waals surface area (Å²) in [7, 11) is 0. The topological polar surface area (TPSA) is 28.2 Å². The van der Waals surface area contributed by atoms with Crippen LogP contribution in [0, 0.1) is 0 Å². The Morgan fingerprint density at radius 2 is 1.95 bits per heavy atom. The van der Waals surface area contributed by atoms with Crippen molar-refractivity contribution in [1.29, 1.82) is 0 Å². The molecule has 1 fully saturated rings. The van der Waals surface area contributed by atoms with Crippen molar-refractivity contribution < 1.29 is 0 Å². The predicted molar refractivity (Wildman–Crippen MR) is 91.4 cm³/mol. The average Bonchev–Trinajstić information content (AvgIpc) is 3.01. The van der Waals surface area contributed by atoms with E-state index in [-0.39, 0.29) is 0 Å². The number of nitrogens with one attached hydrogen (secondary N) is 1. The van der Waals surface area contributed by atoms with Gasteiger partial charge in [-0.1, -0.05) is 13.8 Å². The summed E-state index contributed by atoms with van der Waals surface area (Å²) in [4.78, 5) is 7.30. The number of fused-ring (bicyclic) bond motifs is 1. The van der Waals surface area contributed by atoms with Crippen molar-refractivity contribution >= 4 is 22.3 Å². The number of nitrogens with zero attached hydrogens (tertiary/aromatic N) is 2. The van der Waals surface area contributed by atoms with Crippen LogP contribution in [-0.2, 0) is 0 Å². The lowest BCUT2D eigenvalue weighted by molar-refractivity contribution is 0.830. The second kappa shape index (κ2) is 5.92. The third-order valence-corrected chi connectivity index (χ3v) is 4.24. The Labute approximate surface area is 127 Å². The van der Waals surface area contributed by atoms with Crippen LogP contribution in [0.4, 0.5) is 11.4 Å². The molecule has 21 heavy (non-hydrogen) atoms. The molecule has 2 heterocycles. The molecular formula is C18H25N3. The van der Waals surface area contributed by atoms with Crippen LogP contribution in [-0.4, -0.2) is 24.6 Å². The molecule has 3 nitrogen and oxygen atoms in total. The van der Waals surface area contributed by atoms with Gasteiger partial charge in [0, 0.05) is 42.1 Å². The molecule has 1 saturated heterocycles. The molecule has 3 rings (SSSR count). The Bertz CT molecular complexity index is 628. The monoisotopic (exact) mass is 283 g/mol. The standard InChI is InChI=1S/C18H25N3/c1-4-19-18-12-17(13(2)3)20-16-8-7-14(11-15(16)18)21-9-5-6-10-21/h7-8,11-13H,4-6,9-10H2,1-3H3,(H,19,20). The third-order valence-electron chi connectivity index (χ3n) is 4.24.